The van der Waals surface area contributed by atoms with Crippen LogP contribution >= 0.6 is 39.1 Å². The monoisotopic (exact) mass is 344 g/mol. The van der Waals surface area contributed by atoms with Crippen LogP contribution in [0.25, 0.3) is 11.1 Å². The molecule has 0 saturated carbocycles. The van der Waals surface area contributed by atoms with E-state index in [4.69, 9.17) is 28.3 Å². The van der Waals surface area contributed by atoms with Crippen LogP contribution in [0.15, 0.2) is 40.9 Å². The van der Waals surface area contributed by atoms with Gasteiger partial charge in [0.1, 0.15) is 0 Å². The van der Waals surface area contributed by atoms with E-state index in [0.29, 0.717) is 14.5 Å². The molecule has 0 amide bonds. The van der Waals surface area contributed by atoms with Crippen molar-refractivity contribution in [2.45, 2.75) is 0 Å². The Hall–Kier alpha value is -1.03. The first-order chi connectivity index (χ1) is 8.49. The molecule has 0 radical (unpaired) electrons. The van der Waals surface area contributed by atoms with Crippen LogP contribution in [0.3, 0.4) is 0 Å². The Kier molecular flexibility index (Phi) is 3.95. The summed E-state index contributed by atoms with van der Waals surface area (Å²) >= 11 is 15.1. The first kappa shape index (κ1) is 13.4. The average molecular weight is 346 g/mol. The SMILES string of the molecule is O=C(O)c1cc(-c2ccc(Cl)cc2Cl)ccc1Br. The molecule has 0 bridgehead atoms. The summed E-state index contributed by atoms with van der Waals surface area (Å²) in [6.07, 6.45) is 0. The van der Waals surface area contributed by atoms with Gasteiger partial charge in [-0.25, -0.2) is 4.79 Å². The summed E-state index contributed by atoms with van der Waals surface area (Å²) in [5.41, 5.74) is 1.67. The normalized spacial score (nSPS) is 10.4. The third-order valence-electron chi connectivity index (χ3n) is 2.44. The molecular weight excluding hydrogens is 339 g/mol. The molecule has 18 heavy (non-hydrogen) atoms. The predicted octanol–water partition coefficient (Wildman–Crippen LogP) is 5.12. The molecular formula is C13H7BrCl2O2. The Bertz CT molecular complexity index is 626. The van der Waals surface area contributed by atoms with E-state index >= 15 is 0 Å². The van der Waals surface area contributed by atoms with E-state index in [9.17, 15) is 4.79 Å². The second kappa shape index (κ2) is 5.31. The number of benzene rings is 2. The Morgan fingerprint density at radius 2 is 1.83 bits per heavy atom. The lowest BCUT2D eigenvalue weighted by Crippen LogP contribution is -1.97. The molecule has 0 fully saturated rings. The second-order valence-electron chi connectivity index (χ2n) is 3.62. The molecule has 92 valence electrons. The van der Waals surface area contributed by atoms with Crippen LogP contribution in [0.2, 0.25) is 10.0 Å². The number of carboxylic acids is 1. The standard InChI is InChI=1S/C13H7BrCl2O2/c14-11-4-1-7(5-10(11)13(17)18)9-3-2-8(15)6-12(9)16/h1-6H,(H,17,18). The number of hydrogen-bond acceptors (Lipinski definition) is 1. The highest BCUT2D eigenvalue weighted by Crippen LogP contribution is 2.32. The maximum absolute atomic E-state index is 11.1. The highest BCUT2D eigenvalue weighted by Gasteiger charge is 2.11. The smallest absolute Gasteiger partial charge is 0.336 e. The van der Waals surface area contributed by atoms with E-state index in [1.807, 2.05) is 0 Å². The summed E-state index contributed by atoms with van der Waals surface area (Å²) in [7, 11) is 0. The lowest BCUT2D eigenvalue weighted by Gasteiger charge is -2.07. The molecule has 0 unspecified atom stereocenters. The minimum atomic E-state index is -0.992. The van der Waals surface area contributed by atoms with Crippen LogP contribution in [-0.2, 0) is 0 Å². The number of carbonyl (C=O) groups is 1. The summed E-state index contributed by atoms with van der Waals surface area (Å²) in [6, 6.07) is 10.2. The molecule has 0 aliphatic rings. The Labute approximate surface area is 122 Å². The molecule has 2 aromatic carbocycles. The van der Waals surface area contributed by atoms with E-state index in [2.05, 4.69) is 15.9 Å². The van der Waals surface area contributed by atoms with Gasteiger partial charge in [-0.05, 0) is 45.8 Å². The topological polar surface area (TPSA) is 37.3 Å². The van der Waals surface area contributed by atoms with Gasteiger partial charge >= 0.3 is 5.97 Å². The van der Waals surface area contributed by atoms with E-state index < -0.39 is 5.97 Å². The number of halogens is 3. The van der Waals surface area contributed by atoms with Gasteiger partial charge in [0.2, 0.25) is 0 Å². The zero-order chi connectivity index (χ0) is 13.3. The Morgan fingerprint density at radius 3 is 2.44 bits per heavy atom. The van der Waals surface area contributed by atoms with Crippen LogP contribution < -0.4 is 0 Å². The molecule has 0 saturated heterocycles. The van der Waals surface area contributed by atoms with Crippen molar-refractivity contribution in [3.63, 3.8) is 0 Å². The quantitative estimate of drug-likeness (QED) is 0.820. The van der Waals surface area contributed by atoms with Gasteiger partial charge in [-0.1, -0.05) is 35.3 Å². The maximum Gasteiger partial charge on any atom is 0.336 e. The van der Waals surface area contributed by atoms with Crippen molar-refractivity contribution in [1.29, 1.82) is 0 Å². The molecule has 0 aliphatic carbocycles. The highest BCUT2D eigenvalue weighted by molar-refractivity contribution is 9.10. The van der Waals surface area contributed by atoms with E-state index in [-0.39, 0.29) is 5.56 Å². The number of rotatable bonds is 2. The molecule has 1 N–H and O–H groups in total. The minimum absolute atomic E-state index is 0.193. The molecule has 0 aromatic heterocycles. The summed E-state index contributed by atoms with van der Waals surface area (Å²) < 4.78 is 0.531. The average Bonchev–Trinajstić information content (AvgIpc) is 2.30. The first-order valence-corrected chi connectivity index (χ1v) is 6.52. The van der Waals surface area contributed by atoms with Gasteiger partial charge in [0.05, 0.1) is 5.56 Å². The second-order valence-corrected chi connectivity index (χ2v) is 5.32. The van der Waals surface area contributed by atoms with Crippen molar-refractivity contribution in [1.82, 2.24) is 0 Å². The van der Waals surface area contributed by atoms with Crippen LogP contribution in [0, 0.1) is 0 Å². The Morgan fingerprint density at radius 1 is 1.11 bits per heavy atom. The summed E-state index contributed by atoms with van der Waals surface area (Å²) in [5.74, 6) is -0.992. The molecule has 2 aromatic rings. The zero-order valence-corrected chi connectivity index (χ0v) is 12.1. The fourth-order valence-electron chi connectivity index (χ4n) is 1.58. The van der Waals surface area contributed by atoms with Crippen LogP contribution in [0.4, 0.5) is 0 Å². The van der Waals surface area contributed by atoms with Crippen molar-refractivity contribution >= 4 is 45.1 Å². The molecule has 0 heterocycles. The van der Waals surface area contributed by atoms with Crippen molar-refractivity contribution in [3.8, 4) is 11.1 Å². The predicted molar refractivity (Wildman–Crippen MR) is 76.6 cm³/mol. The molecule has 5 heteroatoms. The minimum Gasteiger partial charge on any atom is -0.478 e. The molecule has 0 aliphatic heterocycles. The maximum atomic E-state index is 11.1. The third kappa shape index (κ3) is 2.69. The largest absolute Gasteiger partial charge is 0.478 e. The summed E-state index contributed by atoms with van der Waals surface area (Å²) in [4.78, 5) is 11.1. The van der Waals surface area contributed by atoms with Gasteiger partial charge < -0.3 is 5.11 Å². The van der Waals surface area contributed by atoms with Gasteiger partial charge in [-0.15, -0.1) is 0 Å². The van der Waals surface area contributed by atoms with E-state index in [1.165, 1.54) is 0 Å². The van der Waals surface area contributed by atoms with Gasteiger partial charge in [-0.2, -0.15) is 0 Å². The molecule has 0 spiro atoms. The van der Waals surface area contributed by atoms with Crippen molar-refractivity contribution in [2.75, 3.05) is 0 Å². The molecule has 2 rings (SSSR count). The van der Waals surface area contributed by atoms with Crippen LogP contribution in [0.5, 0.6) is 0 Å². The number of aromatic carboxylic acids is 1. The van der Waals surface area contributed by atoms with Crippen LogP contribution in [-0.4, -0.2) is 11.1 Å². The fraction of sp³-hybridized carbons (Fsp3) is 0. The van der Waals surface area contributed by atoms with E-state index in [0.717, 1.165) is 11.1 Å². The van der Waals surface area contributed by atoms with Crippen LogP contribution in [0.1, 0.15) is 10.4 Å². The third-order valence-corrected chi connectivity index (χ3v) is 3.68. The van der Waals surface area contributed by atoms with Gasteiger partial charge in [0, 0.05) is 20.1 Å². The lowest BCUT2D eigenvalue weighted by molar-refractivity contribution is 0.0696. The van der Waals surface area contributed by atoms with Gasteiger partial charge in [-0.3, -0.25) is 0 Å². The Balaban J connectivity index is 2.58. The summed E-state index contributed by atoms with van der Waals surface area (Å²) in [6.45, 7) is 0. The number of hydrogen-bond donors (Lipinski definition) is 1. The van der Waals surface area contributed by atoms with Gasteiger partial charge in [0.25, 0.3) is 0 Å². The van der Waals surface area contributed by atoms with Crippen molar-refractivity contribution in [2.24, 2.45) is 0 Å². The highest BCUT2D eigenvalue weighted by atomic mass is 79.9. The van der Waals surface area contributed by atoms with E-state index in [1.54, 1.807) is 36.4 Å². The lowest BCUT2D eigenvalue weighted by atomic mass is 10.0. The first-order valence-electron chi connectivity index (χ1n) is 4.97. The number of carboxylic acid groups (broad SMARTS) is 1. The molecule has 0 atom stereocenters. The van der Waals surface area contributed by atoms with Crippen molar-refractivity contribution < 1.29 is 9.90 Å². The van der Waals surface area contributed by atoms with Gasteiger partial charge in [0.15, 0.2) is 0 Å². The molecule has 2 nitrogen and oxygen atoms in total. The zero-order valence-electron chi connectivity index (χ0n) is 8.95. The summed E-state index contributed by atoms with van der Waals surface area (Å²) in [5, 5.41) is 10.1. The van der Waals surface area contributed by atoms with Crippen molar-refractivity contribution in [3.05, 3.63) is 56.5 Å². The fourth-order valence-corrected chi connectivity index (χ4v) is 2.51.